The van der Waals surface area contributed by atoms with Crippen molar-refractivity contribution in [3.63, 3.8) is 0 Å². The minimum atomic E-state index is -0.0971. The summed E-state index contributed by atoms with van der Waals surface area (Å²) in [5.74, 6) is -0.0971. The van der Waals surface area contributed by atoms with Gasteiger partial charge in [-0.1, -0.05) is 0 Å². The minimum absolute atomic E-state index is 0.0510. The molecular formula is C11H21N3O2. The van der Waals surface area contributed by atoms with Crippen LogP contribution in [0.4, 0.5) is 0 Å². The summed E-state index contributed by atoms with van der Waals surface area (Å²) in [4.78, 5) is 16.1. The average Bonchev–Trinajstić information content (AvgIpc) is 2.71. The molecule has 2 aliphatic rings. The maximum Gasteiger partial charge on any atom is 0.323 e. The van der Waals surface area contributed by atoms with Gasteiger partial charge in [0.1, 0.15) is 6.04 Å². The number of esters is 1. The van der Waals surface area contributed by atoms with Crippen LogP contribution >= 0.6 is 0 Å². The Balaban J connectivity index is 1.92. The largest absolute Gasteiger partial charge is 0.468 e. The minimum Gasteiger partial charge on any atom is -0.468 e. The van der Waals surface area contributed by atoms with Crippen molar-refractivity contribution in [3.8, 4) is 0 Å². The van der Waals surface area contributed by atoms with Gasteiger partial charge in [0.15, 0.2) is 0 Å². The van der Waals surface area contributed by atoms with Gasteiger partial charge in [0.25, 0.3) is 0 Å². The number of ether oxygens (including phenoxy) is 1. The van der Waals surface area contributed by atoms with Gasteiger partial charge < -0.3 is 10.1 Å². The lowest BCUT2D eigenvalue weighted by Gasteiger charge is -2.32. The summed E-state index contributed by atoms with van der Waals surface area (Å²) in [5, 5.41) is 3.35. The first kappa shape index (κ1) is 11.8. The summed E-state index contributed by atoms with van der Waals surface area (Å²) in [6.07, 6.45) is 0.906. The first-order valence-electron chi connectivity index (χ1n) is 5.95. The number of methoxy groups -OCH3 is 1. The molecule has 0 spiro atoms. The quantitative estimate of drug-likeness (QED) is 0.622. The molecule has 5 heteroatoms. The van der Waals surface area contributed by atoms with E-state index in [2.05, 4.69) is 15.1 Å². The Kier molecular flexibility index (Phi) is 3.78. The highest BCUT2D eigenvalue weighted by molar-refractivity contribution is 5.76. The monoisotopic (exact) mass is 227 g/mol. The number of hydrogen-bond acceptors (Lipinski definition) is 5. The molecule has 0 aromatic carbocycles. The summed E-state index contributed by atoms with van der Waals surface area (Å²) < 4.78 is 4.83. The van der Waals surface area contributed by atoms with Crippen LogP contribution in [0.2, 0.25) is 0 Å². The smallest absolute Gasteiger partial charge is 0.323 e. The van der Waals surface area contributed by atoms with Crippen LogP contribution in [-0.2, 0) is 9.53 Å². The fourth-order valence-corrected chi connectivity index (χ4v) is 2.70. The maximum absolute atomic E-state index is 11.6. The van der Waals surface area contributed by atoms with Gasteiger partial charge in [-0.3, -0.25) is 14.6 Å². The van der Waals surface area contributed by atoms with E-state index in [-0.39, 0.29) is 12.0 Å². The molecule has 2 aliphatic heterocycles. The summed E-state index contributed by atoms with van der Waals surface area (Å²) in [5.41, 5.74) is 0. The number of carbonyl (C=O) groups is 1. The average molecular weight is 227 g/mol. The molecule has 2 heterocycles. The Hall–Kier alpha value is -0.650. The molecule has 5 nitrogen and oxygen atoms in total. The van der Waals surface area contributed by atoms with Crippen LogP contribution in [0.3, 0.4) is 0 Å². The zero-order valence-electron chi connectivity index (χ0n) is 10.1. The Morgan fingerprint density at radius 2 is 2.06 bits per heavy atom. The zero-order chi connectivity index (χ0) is 11.5. The number of likely N-dealkylation sites (tertiary alicyclic amines) is 1. The standard InChI is InChI=1S/C11H21N3O2/c1-13-8-9(7-10(13)11(15)16-2)14-5-3-12-4-6-14/h9-10,12H,3-8H2,1-2H3/t9-,10+/m1/s1. The second kappa shape index (κ2) is 5.12. The number of carbonyl (C=O) groups excluding carboxylic acids is 1. The van der Waals surface area contributed by atoms with Gasteiger partial charge in [0.05, 0.1) is 7.11 Å². The van der Waals surface area contributed by atoms with Crippen molar-refractivity contribution in [2.75, 3.05) is 46.9 Å². The lowest BCUT2D eigenvalue weighted by atomic mass is 10.1. The van der Waals surface area contributed by atoms with Crippen LogP contribution in [0.5, 0.6) is 0 Å². The maximum atomic E-state index is 11.6. The SMILES string of the molecule is COC(=O)[C@@H]1C[C@@H](N2CCNCC2)CN1C. The third-order valence-corrected chi connectivity index (χ3v) is 3.67. The molecule has 0 bridgehead atoms. The van der Waals surface area contributed by atoms with E-state index in [1.54, 1.807) is 0 Å². The molecule has 0 aliphatic carbocycles. The summed E-state index contributed by atoms with van der Waals surface area (Å²) >= 11 is 0. The predicted molar refractivity (Wildman–Crippen MR) is 61.3 cm³/mol. The van der Waals surface area contributed by atoms with Gasteiger partial charge in [-0.15, -0.1) is 0 Å². The first-order chi connectivity index (χ1) is 7.72. The number of piperazine rings is 1. The highest BCUT2D eigenvalue weighted by atomic mass is 16.5. The van der Waals surface area contributed by atoms with Crippen LogP contribution in [0, 0.1) is 0 Å². The van der Waals surface area contributed by atoms with E-state index in [0.717, 1.165) is 39.1 Å². The Bertz CT molecular complexity index is 254. The fraction of sp³-hybridized carbons (Fsp3) is 0.909. The molecule has 0 aromatic rings. The summed E-state index contributed by atoms with van der Waals surface area (Å²) in [6.45, 7) is 5.27. The fourth-order valence-electron chi connectivity index (χ4n) is 2.70. The van der Waals surface area contributed by atoms with Crippen molar-refractivity contribution in [2.24, 2.45) is 0 Å². The van der Waals surface area contributed by atoms with E-state index in [0.29, 0.717) is 6.04 Å². The lowest BCUT2D eigenvalue weighted by Crippen LogP contribution is -2.49. The van der Waals surface area contributed by atoms with Crippen LogP contribution in [0.25, 0.3) is 0 Å². The van der Waals surface area contributed by atoms with Crippen molar-refractivity contribution < 1.29 is 9.53 Å². The third kappa shape index (κ3) is 2.36. The molecule has 0 aromatic heterocycles. The van der Waals surface area contributed by atoms with Crippen molar-refractivity contribution in [1.82, 2.24) is 15.1 Å². The van der Waals surface area contributed by atoms with Crippen molar-refractivity contribution >= 4 is 5.97 Å². The first-order valence-corrected chi connectivity index (χ1v) is 5.95. The van der Waals surface area contributed by atoms with E-state index < -0.39 is 0 Å². The van der Waals surface area contributed by atoms with Crippen molar-refractivity contribution in [1.29, 1.82) is 0 Å². The van der Waals surface area contributed by atoms with Crippen LogP contribution in [-0.4, -0.2) is 74.7 Å². The lowest BCUT2D eigenvalue weighted by molar-refractivity contribution is -0.145. The molecule has 1 N–H and O–H groups in total. The highest BCUT2D eigenvalue weighted by Gasteiger charge is 2.37. The Morgan fingerprint density at radius 1 is 1.38 bits per heavy atom. The zero-order valence-corrected chi connectivity index (χ0v) is 10.1. The van der Waals surface area contributed by atoms with E-state index in [1.165, 1.54) is 7.11 Å². The van der Waals surface area contributed by atoms with Crippen molar-refractivity contribution in [3.05, 3.63) is 0 Å². The van der Waals surface area contributed by atoms with Crippen molar-refractivity contribution in [2.45, 2.75) is 18.5 Å². The number of rotatable bonds is 2. The molecule has 2 fully saturated rings. The number of nitrogens with one attached hydrogen (secondary N) is 1. The second-order valence-electron chi connectivity index (χ2n) is 4.65. The van der Waals surface area contributed by atoms with Crippen LogP contribution in [0.1, 0.15) is 6.42 Å². The molecule has 2 saturated heterocycles. The molecule has 0 amide bonds. The molecule has 0 radical (unpaired) electrons. The highest BCUT2D eigenvalue weighted by Crippen LogP contribution is 2.21. The van der Waals surface area contributed by atoms with E-state index in [9.17, 15) is 4.79 Å². The van der Waals surface area contributed by atoms with E-state index >= 15 is 0 Å². The van der Waals surface area contributed by atoms with Gasteiger partial charge in [-0.25, -0.2) is 0 Å². The normalized spacial score (nSPS) is 32.9. The third-order valence-electron chi connectivity index (χ3n) is 3.67. The summed E-state index contributed by atoms with van der Waals surface area (Å²) in [6, 6.07) is 0.459. The topological polar surface area (TPSA) is 44.8 Å². The molecular weight excluding hydrogens is 206 g/mol. The molecule has 0 saturated carbocycles. The van der Waals surface area contributed by atoms with Crippen LogP contribution < -0.4 is 5.32 Å². The van der Waals surface area contributed by atoms with Gasteiger partial charge in [-0.05, 0) is 13.5 Å². The van der Waals surface area contributed by atoms with Gasteiger partial charge in [0.2, 0.25) is 0 Å². The van der Waals surface area contributed by atoms with E-state index in [4.69, 9.17) is 4.74 Å². The molecule has 0 unspecified atom stereocenters. The molecule has 92 valence electrons. The molecule has 2 rings (SSSR count). The summed E-state index contributed by atoms with van der Waals surface area (Å²) in [7, 11) is 3.47. The van der Waals surface area contributed by atoms with E-state index in [1.807, 2.05) is 7.05 Å². The van der Waals surface area contributed by atoms with Crippen LogP contribution in [0.15, 0.2) is 0 Å². The number of nitrogens with zero attached hydrogens (tertiary/aromatic N) is 2. The second-order valence-corrected chi connectivity index (χ2v) is 4.65. The molecule has 2 atom stereocenters. The number of hydrogen-bond donors (Lipinski definition) is 1. The number of likely N-dealkylation sites (N-methyl/N-ethyl adjacent to an activating group) is 1. The Morgan fingerprint density at radius 3 is 2.69 bits per heavy atom. The van der Waals surface area contributed by atoms with Gasteiger partial charge in [-0.2, -0.15) is 0 Å². The molecule has 16 heavy (non-hydrogen) atoms. The van der Waals surface area contributed by atoms with Gasteiger partial charge in [0, 0.05) is 38.8 Å². The van der Waals surface area contributed by atoms with Gasteiger partial charge >= 0.3 is 5.97 Å². The Labute approximate surface area is 96.7 Å². The predicted octanol–water partition coefficient (Wildman–Crippen LogP) is -0.863.